The van der Waals surface area contributed by atoms with Gasteiger partial charge in [0.1, 0.15) is 0 Å². The quantitative estimate of drug-likeness (QED) is 0.760. The zero-order valence-electron chi connectivity index (χ0n) is 6.99. The molecule has 0 spiro atoms. The van der Waals surface area contributed by atoms with Gasteiger partial charge in [-0.2, -0.15) is 11.8 Å². The Kier molecular flexibility index (Phi) is 2.69. The summed E-state index contributed by atoms with van der Waals surface area (Å²) in [5.41, 5.74) is 1.38. The molecule has 64 valence electrons. The molecular formula is C10H13NS. The summed E-state index contributed by atoms with van der Waals surface area (Å²) < 4.78 is 0. The molecule has 0 atom stereocenters. The second kappa shape index (κ2) is 3.97. The Morgan fingerprint density at radius 1 is 1.25 bits per heavy atom. The highest BCUT2D eigenvalue weighted by Gasteiger charge is 2.16. The van der Waals surface area contributed by atoms with Gasteiger partial charge in [0.05, 0.1) is 0 Å². The van der Waals surface area contributed by atoms with Gasteiger partial charge < -0.3 is 5.32 Å². The van der Waals surface area contributed by atoms with E-state index in [4.69, 9.17) is 0 Å². The summed E-state index contributed by atoms with van der Waals surface area (Å²) >= 11 is 2.02. The van der Waals surface area contributed by atoms with Gasteiger partial charge in [0.15, 0.2) is 0 Å². The molecule has 1 aromatic rings. The van der Waals surface area contributed by atoms with E-state index in [0.29, 0.717) is 0 Å². The molecule has 1 aliphatic rings. The van der Waals surface area contributed by atoms with Crippen molar-refractivity contribution in [2.24, 2.45) is 0 Å². The maximum absolute atomic E-state index is 3.51. The Balaban J connectivity index is 1.79. The monoisotopic (exact) mass is 179 g/mol. The zero-order valence-corrected chi connectivity index (χ0v) is 7.81. The second-order valence-electron chi connectivity index (χ2n) is 3.10. The molecule has 0 radical (unpaired) electrons. The van der Waals surface area contributed by atoms with Gasteiger partial charge in [-0.05, 0) is 5.56 Å². The molecule has 0 saturated carbocycles. The minimum atomic E-state index is 0.759. The molecule has 1 N–H and O–H groups in total. The molecule has 1 aliphatic heterocycles. The van der Waals surface area contributed by atoms with Crippen LogP contribution in [0.5, 0.6) is 0 Å². The Morgan fingerprint density at radius 3 is 2.58 bits per heavy atom. The molecule has 0 bridgehead atoms. The lowest BCUT2D eigenvalue weighted by molar-refractivity contribution is 0.583. The molecule has 2 heteroatoms. The molecule has 1 aromatic carbocycles. The summed E-state index contributed by atoms with van der Waals surface area (Å²) in [6.45, 7) is 1.02. The predicted octanol–water partition coefficient (Wildman–Crippen LogP) is 1.89. The normalized spacial score (nSPS) is 17.3. The molecule has 0 amide bonds. The van der Waals surface area contributed by atoms with E-state index in [2.05, 4.69) is 35.6 Å². The third-order valence-corrected chi connectivity index (χ3v) is 3.35. The van der Waals surface area contributed by atoms with Gasteiger partial charge in [-0.25, -0.2) is 0 Å². The van der Waals surface area contributed by atoms with Crippen molar-refractivity contribution in [2.45, 2.75) is 12.6 Å². The predicted molar refractivity (Wildman–Crippen MR) is 54.4 cm³/mol. The lowest BCUT2D eigenvalue weighted by Crippen LogP contribution is -2.39. The van der Waals surface area contributed by atoms with Gasteiger partial charge >= 0.3 is 0 Å². The van der Waals surface area contributed by atoms with E-state index in [1.165, 1.54) is 17.1 Å². The molecule has 1 fully saturated rings. The topological polar surface area (TPSA) is 12.0 Å². The van der Waals surface area contributed by atoms with E-state index in [1.807, 2.05) is 11.8 Å². The first-order valence-corrected chi connectivity index (χ1v) is 5.46. The first-order valence-electron chi connectivity index (χ1n) is 4.30. The summed E-state index contributed by atoms with van der Waals surface area (Å²) in [6.07, 6.45) is 0. The Bertz CT molecular complexity index is 231. The third kappa shape index (κ3) is 2.02. The second-order valence-corrected chi connectivity index (χ2v) is 4.18. The van der Waals surface area contributed by atoms with Crippen molar-refractivity contribution in [2.75, 3.05) is 11.5 Å². The molecule has 0 unspecified atom stereocenters. The minimum Gasteiger partial charge on any atom is -0.308 e. The number of hydrogen-bond donors (Lipinski definition) is 1. The van der Waals surface area contributed by atoms with Crippen LogP contribution in [-0.2, 0) is 6.54 Å². The average molecular weight is 179 g/mol. The Labute approximate surface area is 77.6 Å². The Hall–Kier alpha value is -0.470. The van der Waals surface area contributed by atoms with E-state index < -0.39 is 0 Å². The number of nitrogens with one attached hydrogen (secondary N) is 1. The number of thioether (sulfide) groups is 1. The molecule has 1 nitrogen and oxygen atoms in total. The highest BCUT2D eigenvalue weighted by Crippen LogP contribution is 2.17. The lowest BCUT2D eigenvalue weighted by Gasteiger charge is -2.25. The highest BCUT2D eigenvalue weighted by molar-refractivity contribution is 8.00. The first kappa shape index (κ1) is 8.14. The number of benzene rings is 1. The summed E-state index contributed by atoms with van der Waals surface area (Å²) in [5.74, 6) is 2.57. The van der Waals surface area contributed by atoms with E-state index in [1.54, 1.807) is 0 Å². The van der Waals surface area contributed by atoms with Crippen LogP contribution in [0, 0.1) is 0 Å². The van der Waals surface area contributed by atoms with Gasteiger partial charge in [0.25, 0.3) is 0 Å². The maximum Gasteiger partial charge on any atom is 0.0252 e. The molecule has 0 aliphatic carbocycles. The largest absolute Gasteiger partial charge is 0.308 e. The van der Waals surface area contributed by atoms with Crippen LogP contribution in [0.3, 0.4) is 0 Å². The fraction of sp³-hybridized carbons (Fsp3) is 0.400. The fourth-order valence-electron chi connectivity index (χ4n) is 1.21. The van der Waals surface area contributed by atoms with Crippen LogP contribution in [0.4, 0.5) is 0 Å². The van der Waals surface area contributed by atoms with Gasteiger partial charge in [0.2, 0.25) is 0 Å². The van der Waals surface area contributed by atoms with Gasteiger partial charge in [-0.15, -0.1) is 0 Å². The van der Waals surface area contributed by atoms with E-state index in [0.717, 1.165) is 12.6 Å². The van der Waals surface area contributed by atoms with Crippen molar-refractivity contribution in [3.8, 4) is 0 Å². The molecule has 12 heavy (non-hydrogen) atoms. The average Bonchev–Trinajstić information content (AvgIpc) is 2.04. The van der Waals surface area contributed by atoms with Crippen LogP contribution < -0.4 is 5.32 Å². The molecular weight excluding hydrogens is 166 g/mol. The van der Waals surface area contributed by atoms with Crippen molar-refractivity contribution >= 4 is 11.8 Å². The van der Waals surface area contributed by atoms with Crippen LogP contribution in [0.2, 0.25) is 0 Å². The maximum atomic E-state index is 3.51. The standard InChI is InChI=1S/C10H13NS/c1-2-4-9(5-3-1)6-11-10-7-12-8-10/h1-5,10-11H,6-8H2. The molecule has 1 heterocycles. The number of rotatable bonds is 3. The van der Waals surface area contributed by atoms with E-state index >= 15 is 0 Å². The first-order chi connectivity index (χ1) is 5.95. The number of hydrogen-bond acceptors (Lipinski definition) is 2. The van der Waals surface area contributed by atoms with Crippen molar-refractivity contribution in [3.05, 3.63) is 35.9 Å². The van der Waals surface area contributed by atoms with Crippen molar-refractivity contribution in [3.63, 3.8) is 0 Å². The lowest BCUT2D eigenvalue weighted by atomic mass is 10.2. The van der Waals surface area contributed by atoms with Crippen LogP contribution >= 0.6 is 11.8 Å². The van der Waals surface area contributed by atoms with Gasteiger partial charge in [0, 0.05) is 24.1 Å². The van der Waals surface area contributed by atoms with Crippen molar-refractivity contribution in [1.29, 1.82) is 0 Å². The molecule has 0 aromatic heterocycles. The smallest absolute Gasteiger partial charge is 0.0252 e. The summed E-state index contributed by atoms with van der Waals surface area (Å²) in [5, 5.41) is 3.51. The van der Waals surface area contributed by atoms with Gasteiger partial charge in [-0.1, -0.05) is 30.3 Å². The summed E-state index contributed by atoms with van der Waals surface area (Å²) in [4.78, 5) is 0. The van der Waals surface area contributed by atoms with Crippen molar-refractivity contribution in [1.82, 2.24) is 5.32 Å². The summed E-state index contributed by atoms with van der Waals surface area (Å²) in [6, 6.07) is 11.3. The SMILES string of the molecule is c1ccc(CNC2CSC2)cc1. The summed E-state index contributed by atoms with van der Waals surface area (Å²) in [7, 11) is 0. The third-order valence-electron chi connectivity index (χ3n) is 2.08. The molecule has 1 saturated heterocycles. The van der Waals surface area contributed by atoms with Crippen LogP contribution in [-0.4, -0.2) is 17.5 Å². The van der Waals surface area contributed by atoms with E-state index in [-0.39, 0.29) is 0 Å². The zero-order chi connectivity index (χ0) is 8.23. The fourth-order valence-corrected chi connectivity index (χ4v) is 1.92. The van der Waals surface area contributed by atoms with Crippen LogP contribution in [0.1, 0.15) is 5.56 Å². The Morgan fingerprint density at radius 2 is 2.00 bits per heavy atom. The van der Waals surface area contributed by atoms with Crippen LogP contribution in [0.15, 0.2) is 30.3 Å². The minimum absolute atomic E-state index is 0.759. The van der Waals surface area contributed by atoms with Gasteiger partial charge in [-0.3, -0.25) is 0 Å². The van der Waals surface area contributed by atoms with E-state index in [9.17, 15) is 0 Å². The highest BCUT2D eigenvalue weighted by atomic mass is 32.2. The van der Waals surface area contributed by atoms with Crippen LogP contribution in [0.25, 0.3) is 0 Å². The van der Waals surface area contributed by atoms with Crippen molar-refractivity contribution < 1.29 is 0 Å². The molecule has 2 rings (SSSR count).